The number of nitrogens with one attached hydrogen (secondary N) is 1. The molecule has 0 radical (unpaired) electrons. The van der Waals surface area contributed by atoms with Gasteiger partial charge in [-0.3, -0.25) is 4.79 Å². The van der Waals surface area contributed by atoms with Crippen LogP contribution in [0.1, 0.15) is 58.3 Å². The fourth-order valence-electron chi connectivity index (χ4n) is 3.43. The maximum Gasteiger partial charge on any atom is 0.341 e. The van der Waals surface area contributed by atoms with E-state index < -0.39 is 24.5 Å². The number of carbonyl (C=O) groups excluding carboxylic acids is 3. The number of ether oxygens (including phenoxy) is 4. The summed E-state index contributed by atoms with van der Waals surface area (Å²) >= 11 is 1.37. The second kappa shape index (κ2) is 10.5. The summed E-state index contributed by atoms with van der Waals surface area (Å²) in [6.07, 6.45) is 2.58. The topological polar surface area (TPSA) is 100 Å². The third kappa shape index (κ3) is 5.40. The Kier molecular flexibility index (Phi) is 7.74. The molecule has 1 aliphatic rings. The number of fused-ring (bicyclic) bond motifs is 1. The van der Waals surface area contributed by atoms with Gasteiger partial charge in [-0.1, -0.05) is 0 Å². The number of aryl methyl sites for hydroxylation is 1. The number of amides is 1. The smallest absolute Gasteiger partial charge is 0.341 e. The monoisotopic (exact) mass is 461 g/mol. The van der Waals surface area contributed by atoms with Gasteiger partial charge in [-0.15, -0.1) is 11.3 Å². The van der Waals surface area contributed by atoms with Crippen molar-refractivity contribution in [1.29, 1.82) is 0 Å². The van der Waals surface area contributed by atoms with Crippen molar-refractivity contribution < 1.29 is 33.3 Å². The van der Waals surface area contributed by atoms with Crippen molar-refractivity contribution in [3.8, 4) is 11.5 Å². The van der Waals surface area contributed by atoms with Gasteiger partial charge in [0, 0.05) is 4.88 Å². The van der Waals surface area contributed by atoms with Crippen LogP contribution < -0.4 is 14.8 Å². The zero-order valence-electron chi connectivity index (χ0n) is 18.6. The van der Waals surface area contributed by atoms with Crippen LogP contribution in [0.3, 0.4) is 0 Å². The molecule has 0 bridgehead atoms. The van der Waals surface area contributed by atoms with Crippen LogP contribution in [0.25, 0.3) is 0 Å². The number of benzene rings is 1. The van der Waals surface area contributed by atoms with Crippen molar-refractivity contribution in [1.82, 2.24) is 0 Å². The van der Waals surface area contributed by atoms with Crippen LogP contribution in [0, 0.1) is 0 Å². The van der Waals surface area contributed by atoms with Crippen molar-refractivity contribution in [3.05, 3.63) is 39.8 Å². The first-order valence-electron chi connectivity index (χ1n) is 10.5. The zero-order chi connectivity index (χ0) is 23.3. The van der Waals surface area contributed by atoms with Crippen molar-refractivity contribution in [2.24, 2.45) is 0 Å². The quantitative estimate of drug-likeness (QED) is 0.563. The summed E-state index contributed by atoms with van der Waals surface area (Å²) in [4.78, 5) is 38.3. The molecule has 1 aromatic carbocycles. The Bertz CT molecular complexity index is 1010. The van der Waals surface area contributed by atoms with Gasteiger partial charge in [0.05, 0.1) is 30.9 Å². The van der Waals surface area contributed by atoms with Crippen LogP contribution >= 0.6 is 11.3 Å². The Hall–Kier alpha value is -3.07. The molecule has 0 spiro atoms. The van der Waals surface area contributed by atoms with Crippen LogP contribution in [-0.2, 0) is 27.1 Å². The number of esters is 2. The summed E-state index contributed by atoms with van der Waals surface area (Å²) < 4.78 is 21.2. The summed E-state index contributed by atoms with van der Waals surface area (Å²) in [6.45, 7) is 5.26. The number of thiophene rings is 1. The Morgan fingerprint density at radius 3 is 2.56 bits per heavy atom. The van der Waals surface area contributed by atoms with Crippen molar-refractivity contribution >= 4 is 34.2 Å². The molecule has 8 nitrogen and oxygen atoms in total. The minimum atomic E-state index is -0.672. The van der Waals surface area contributed by atoms with E-state index in [-0.39, 0.29) is 18.3 Å². The fraction of sp³-hybridized carbons (Fsp3) is 0.435. The van der Waals surface area contributed by atoms with E-state index in [1.54, 1.807) is 19.1 Å². The molecule has 0 unspecified atom stereocenters. The highest BCUT2D eigenvalue weighted by atomic mass is 32.1. The Morgan fingerprint density at radius 1 is 1.09 bits per heavy atom. The van der Waals surface area contributed by atoms with Gasteiger partial charge in [0.1, 0.15) is 5.00 Å². The highest BCUT2D eigenvalue weighted by molar-refractivity contribution is 7.17. The molecule has 1 N–H and O–H groups in total. The molecule has 1 amide bonds. The van der Waals surface area contributed by atoms with Crippen molar-refractivity contribution in [2.75, 3.05) is 25.6 Å². The summed E-state index contributed by atoms with van der Waals surface area (Å²) in [5, 5.41) is 3.13. The number of anilines is 1. The third-order valence-corrected chi connectivity index (χ3v) is 5.96. The minimum absolute atomic E-state index is 0.0523. The molecule has 1 aromatic heterocycles. The second-order valence-electron chi connectivity index (χ2n) is 7.44. The Morgan fingerprint density at radius 2 is 1.88 bits per heavy atom. The lowest BCUT2D eigenvalue weighted by Gasteiger charge is -2.14. The second-order valence-corrected chi connectivity index (χ2v) is 8.54. The first-order chi connectivity index (χ1) is 15.3. The number of rotatable bonds is 9. The van der Waals surface area contributed by atoms with Gasteiger partial charge < -0.3 is 24.3 Å². The van der Waals surface area contributed by atoms with Gasteiger partial charge in [0.25, 0.3) is 5.91 Å². The van der Waals surface area contributed by atoms with E-state index in [2.05, 4.69) is 5.32 Å². The average molecular weight is 462 g/mol. The standard InChI is InChI=1S/C23H27NO7S/c1-5-29-23(27)20-15-7-6-8-18(15)32-21(20)24-19(25)12-30-22(26)14-9-10-16(31-13(2)3)17(11-14)28-4/h9-11,13H,5-8,12H2,1-4H3,(H,24,25). The molecule has 0 saturated carbocycles. The van der Waals surface area contributed by atoms with E-state index in [4.69, 9.17) is 18.9 Å². The van der Waals surface area contributed by atoms with Crippen molar-refractivity contribution in [3.63, 3.8) is 0 Å². The lowest BCUT2D eigenvalue weighted by Crippen LogP contribution is -2.22. The Balaban J connectivity index is 1.64. The van der Waals surface area contributed by atoms with Crippen LogP contribution in [0.2, 0.25) is 0 Å². The highest BCUT2D eigenvalue weighted by Gasteiger charge is 2.28. The third-order valence-electron chi connectivity index (χ3n) is 4.75. The van der Waals surface area contributed by atoms with Crippen LogP contribution in [0.5, 0.6) is 11.5 Å². The SMILES string of the molecule is CCOC(=O)c1c(NC(=O)COC(=O)c2ccc(OC(C)C)c(OC)c2)sc2c1CCC2. The predicted molar refractivity (Wildman–Crippen MR) is 120 cm³/mol. The summed E-state index contributed by atoms with van der Waals surface area (Å²) in [5.74, 6) is -0.752. The predicted octanol–water partition coefficient (Wildman–Crippen LogP) is 4.00. The van der Waals surface area contributed by atoms with Gasteiger partial charge in [0.15, 0.2) is 18.1 Å². The van der Waals surface area contributed by atoms with E-state index >= 15 is 0 Å². The number of hydrogen-bond acceptors (Lipinski definition) is 8. The fourth-order valence-corrected chi connectivity index (χ4v) is 4.73. The van der Waals surface area contributed by atoms with E-state index in [0.29, 0.717) is 22.1 Å². The molecule has 0 saturated heterocycles. The van der Waals surface area contributed by atoms with Gasteiger partial charge in [-0.2, -0.15) is 0 Å². The molecule has 3 rings (SSSR count). The molecule has 0 aliphatic heterocycles. The minimum Gasteiger partial charge on any atom is -0.493 e. The lowest BCUT2D eigenvalue weighted by molar-refractivity contribution is -0.119. The van der Waals surface area contributed by atoms with Gasteiger partial charge in [-0.05, 0) is 63.8 Å². The zero-order valence-corrected chi connectivity index (χ0v) is 19.4. The average Bonchev–Trinajstić information content (AvgIpc) is 3.32. The van der Waals surface area contributed by atoms with Crippen LogP contribution in [0.4, 0.5) is 5.00 Å². The molecule has 32 heavy (non-hydrogen) atoms. The molecule has 172 valence electrons. The molecule has 0 atom stereocenters. The van der Waals surface area contributed by atoms with E-state index in [1.807, 2.05) is 13.8 Å². The molecule has 0 fully saturated rings. The van der Waals surface area contributed by atoms with Gasteiger partial charge >= 0.3 is 11.9 Å². The lowest BCUT2D eigenvalue weighted by atomic mass is 10.1. The number of carbonyl (C=O) groups is 3. The number of hydrogen-bond donors (Lipinski definition) is 1. The maximum absolute atomic E-state index is 12.4. The number of methoxy groups -OCH3 is 1. The van der Waals surface area contributed by atoms with E-state index in [9.17, 15) is 14.4 Å². The van der Waals surface area contributed by atoms with Crippen molar-refractivity contribution in [2.45, 2.75) is 46.1 Å². The van der Waals surface area contributed by atoms with Gasteiger partial charge in [0.2, 0.25) is 0 Å². The van der Waals surface area contributed by atoms with Crippen LogP contribution in [-0.4, -0.2) is 44.3 Å². The molecule has 1 heterocycles. The summed E-state index contributed by atoms with van der Waals surface area (Å²) in [6, 6.07) is 4.66. The molecule has 9 heteroatoms. The summed E-state index contributed by atoms with van der Waals surface area (Å²) in [7, 11) is 1.48. The summed E-state index contributed by atoms with van der Waals surface area (Å²) in [5.41, 5.74) is 1.58. The highest BCUT2D eigenvalue weighted by Crippen LogP contribution is 2.39. The Labute approximate surface area is 190 Å². The molecular formula is C23H27NO7S. The van der Waals surface area contributed by atoms with Crippen LogP contribution in [0.15, 0.2) is 18.2 Å². The maximum atomic E-state index is 12.4. The van der Waals surface area contributed by atoms with Gasteiger partial charge in [-0.25, -0.2) is 9.59 Å². The van der Waals surface area contributed by atoms with E-state index in [1.165, 1.54) is 24.5 Å². The first-order valence-corrected chi connectivity index (χ1v) is 11.3. The van der Waals surface area contributed by atoms with E-state index in [0.717, 1.165) is 29.7 Å². The first kappa shape index (κ1) is 23.6. The molecule has 1 aliphatic carbocycles. The molecule has 2 aromatic rings. The largest absolute Gasteiger partial charge is 0.493 e. The normalized spacial score (nSPS) is 12.3. The molecular weight excluding hydrogens is 434 g/mol.